The lowest BCUT2D eigenvalue weighted by atomic mass is 9.99. The fourth-order valence-corrected chi connectivity index (χ4v) is 2.02. The van der Waals surface area contributed by atoms with Gasteiger partial charge in [-0.3, -0.25) is 4.79 Å². The second-order valence-corrected chi connectivity index (χ2v) is 4.71. The second-order valence-electron chi connectivity index (χ2n) is 3.80. The Morgan fingerprint density at radius 1 is 1.18 bits per heavy atom. The van der Waals surface area contributed by atoms with Crippen molar-refractivity contribution < 1.29 is 9.18 Å². The van der Waals surface area contributed by atoms with Crippen LogP contribution < -0.4 is 0 Å². The first kappa shape index (κ1) is 12.0. The molecule has 0 radical (unpaired) electrons. The zero-order valence-corrected chi connectivity index (χ0v) is 10.8. The summed E-state index contributed by atoms with van der Waals surface area (Å²) >= 11 is 3.31. The van der Waals surface area contributed by atoms with E-state index >= 15 is 0 Å². The van der Waals surface area contributed by atoms with Crippen LogP contribution in [0.4, 0.5) is 4.39 Å². The number of hydrogen-bond acceptors (Lipinski definition) is 1. The molecule has 0 bridgehead atoms. The summed E-state index contributed by atoms with van der Waals surface area (Å²) < 4.78 is 14.0. The molecule has 17 heavy (non-hydrogen) atoms. The van der Waals surface area contributed by atoms with Crippen LogP contribution in [0.25, 0.3) is 0 Å². The van der Waals surface area contributed by atoms with Crippen LogP contribution in [0.1, 0.15) is 21.5 Å². The average Bonchev–Trinajstić information content (AvgIpc) is 2.31. The van der Waals surface area contributed by atoms with Crippen LogP contribution >= 0.6 is 15.9 Å². The minimum absolute atomic E-state index is 0.164. The summed E-state index contributed by atoms with van der Waals surface area (Å²) in [7, 11) is 0. The maximum atomic E-state index is 13.1. The van der Waals surface area contributed by atoms with E-state index in [9.17, 15) is 9.18 Å². The summed E-state index contributed by atoms with van der Waals surface area (Å²) in [4.78, 5) is 12.2. The largest absolute Gasteiger partial charge is 0.289 e. The molecule has 0 amide bonds. The summed E-state index contributed by atoms with van der Waals surface area (Å²) in [5.74, 6) is -0.558. The highest BCUT2D eigenvalue weighted by Crippen LogP contribution is 2.18. The van der Waals surface area contributed by atoms with E-state index in [1.54, 1.807) is 31.2 Å². The lowest BCUT2D eigenvalue weighted by molar-refractivity contribution is 0.103. The van der Waals surface area contributed by atoms with Crippen molar-refractivity contribution in [3.05, 3.63) is 69.4 Å². The first-order valence-electron chi connectivity index (χ1n) is 5.14. The molecule has 0 atom stereocenters. The molecule has 2 aromatic carbocycles. The maximum absolute atomic E-state index is 13.1. The summed E-state index contributed by atoms with van der Waals surface area (Å²) in [5.41, 5.74) is 1.73. The van der Waals surface area contributed by atoms with Crippen LogP contribution in [0, 0.1) is 12.7 Å². The van der Waals surface area contributed by atoms with E-state index in [0.29, 0.717) is 11.1 Å². The van der Waals surface area contributed by atoms with Gasteiger partial charge in [-0.15, -0.1) is 0 Å². The van der Waals surface area contributed by atoms with Crippen molar-refractivity contribution in [2.24, 2.45) is 0 Å². The third kappa shape index (κ3) is 2.61. The van der Waals surface area contributed by atoms with Crippen LogP contribution in [0.15, 0.2) is 46.9 Å². The van der Waals surface area contributed by atoms with Gasteiger partial charge in [0.1, 0.15) is 5.82 Å². The van der Waals surface area contributed by atoms with Crippen LogP contribution in [0.5, 0.6) is 0 Å². The number of benzene rings is 2. The van der Waals surface area contributed by atoms with E-state index in [2.05, 4.69) is 15.9 Å². The highest BCUT2D eigenvalue weighted by atomic mass is 79.9. The van der Waals surface area contributed by atoms with Gasteiger partial charge in [0.05, 0.1) is 0 Å². The van der Waals surface area contributed by atoms with E-state index < -0.39 is 5.82 Å². The Morgan fingerprint density at radius 3 is 2.65 bits per heavy atom. The van der Waals surface area contributed by atoms with Crippen molar-refractivity contribution >= 4 is 21.7 Å². The minimum atomic E-state index is -0.394. The summed E-state index contributed by atoms with van der Waals surface area (Å²) in [5, 5.41) is 0. The molecule has 3 heteroatoms. The van der Waals surface area contributed by atoms with E-state index in [4.69, 9.17) is 0 Å². The Kier molecular flexibility index (Phi) is 3.38. The summed E-state index contributed by atoms with van der Waals surface area (Å²) in [6.45, 7) is 1.80. The molecular weight excluding hydrogens is 283 g/mol. The van der Waals surface area contributed by atoms with Gasteiger partial charge in [-0.05, 0) is 36.8 Å². The fraction of sp³-hybridized carbons (Fsp3) is 0.0714. The smallest absolute Gasteiger partial charge is 0.193 e. The lowest BCUT2D eigenvalue weighted by Gasteiger charge is -2.05. The normalized spacial score (nSPS) is 10.3. The first-order valence-corrected chi connectivity index (χ1v) is 5.93. The average molecular weight is 293 g/mol. The standard InChI is InChI=1S/C14H10BrFO/c1-9-5-6-12(16)8-13(9)14(17)10-3-2-4-11(15)7-10/h2-8H,1H3. The number of ketones is 1. The highest BCUT2D eigenvalue weighted by Gasteiger charge is 2.12. The van der Waals surface area contributed by atoms with E-state index in [1.807, 2.05) is 6.07 Å². The van der Waals surface area contributed by atoms with E-state index in [-0.39, 0.29) is 5.78 Å². The Hall–Kier alpha value is -1.48. The zero-order valence-electron chi connectivity index (χ0n) is 9.21. The Balaban J connectivity index is 2.47. The number of carbonyl (C=O) groups is 1. The molecule has 2 rings (SSSR count). The molecule has 0 unspecified atom stereocenters. The van der Waals surface area contributed by atoms with Crippen molar-refractivity contribution in [2.45, 2.75) is 6.92 Å². The van der Waals surface area contributed by atoms with Gasteiger partial charge in [0.2, 0.25) is 0 Å². The molecule has 2 aromatic rings. The molecule has 0 aliphatic carbocycles. The van der Waals surface area contributed by atoms with Gasteiger partial charge in [-0.25, -0.2) is 4.39 Å². The Labute approximate surface area is 107 Å². The van der Waals surface area contributed by atoms with E-state index in [0.717, 1.165) is 10.0 Å². The van der Waals surface area contributed by atoms with Crippen molar-refractivity contribution in [3.63, 3.8) is 0 Å². The predicted molar refractivity (Wildman–Crippen MR) is 68.7 cm³/mol. The lowest BCUT2D eigenvalue weighted by Crippen LogP contribution is -2.04. The fourth-order valence-electron chi connectivity index (χ4n) is 1.62. The first-order chi connectivity index (χ1) is 8.08. The molecule has 0 saturated heterocycles. The predicted octanol–water partition coefficient (Wildman–Crippen LogP) is 4.13. The van der Waals surface area contributed by atoms with Crippen LogP contribution in [-0.2, 0) is 0 Å². The van der Waals surface area contributed by atoms with Gasteiger partial charge in [0, 0.05) is 15.6 Å². The number of halogens is 2. The molecule has 1 nitrogen and oxygen atoms in total. The molecule has 0 saturated carbocycles. The SMILES string of the molecule is Cc1ccc(F)cc1C(=O)c1cccc(Br)c1. The molecule has 86 valence electrons. The molecule has 0 aliphatic heterocycles. The van der Waals surface area contributed by atoms with Gasteiger partial charge >= 0.3 is 0 Å². The molecule has 0 aliphatic rings. The quantitative estimate of drug-likeness (QED) is 0.761. The topological polar surface area (TPSA) is 17.1 Å². The second kappa shape index (κ2) is 4.80. The van der Waals surface area contributed by atoms with E-state index in [1.165, 1.54) is 12.1 Å². The molecule has 0 aromatic heterocycles. The Morgan fingerprint density at radius 2 is 1.94 bits per heavy atom. The van der Waals surface area contributed by atoms with Gasteiger partial charge in [0.15, 0.2) is 5.78 Å². The third-order valence-electron chi connectivity index (χ3n) is 2.53. The molecule has 0 fully saturated rings. The number of aryl methyl sites for hydroxylation is 1. The van der Waals surface area contributed by atoms with Crippen LogP contribution in [0.3, 0.4) is 0 Å². The van der Waals surface area contributed by atoms with Crippen molar-refractivity contribution in [3.8, 4) is 0 Å². The van der Waals surface area contributed by atoms with Gasteiger partial charge in [0.25, 0.3) is 0 Å². The van der Waals surface area contributed by atoms with Crippen molar-refractivity contribution in [2.75, 3.05) is 0 Å². The minimum Gasteiger partial charge on any atom is -0.289 e. The summed E-state index contributed by atoms with van der Waals surface area (Å²) in [6.07, 6.45) is 0. The number of carbonyl (C=O) groups excluding carboxylic acids is 1. The Bertz CT molecular complexity index is 578. The molecule has 0 heterocycles. The zero-order chi connectivity index (χ0) is 12.4. The molecular formula is C14H10BrFO. The highest BCUT2D eigenvalue weighted by molar-refractivity contribution is 9.10. The molecule has 0 N–H and O–H groups in total. The molecule has 0 spiro atoms. The number of hydrogen-bond donors (Lipinski definition) is 0. The monoisotopic (exact) mass is 292 g/mol. The van der Waals surface area contributed by atoms with Gasteiger partial charge < -0.3 is 0 Å². The summed E-state index contributed by atoms with van der Waals surface area (Å²) in [6, 6.07) is 11.3. The number of rotatable bonds is 2. The van der Waals surface area contributed by atoms with Crippen molar-refractivity contribution in [1.29, 1.82) is 0 Å². The van der Waals surface area contributed by atoms with Crippen LogP contribution in [-0.4, -0.2) is 5.78 Å². The maximum Gasteiger partial charge on any atom is 0.193 e. The van der Waals surface area contributed by atoms with Crippen LogP contribution in [0.2, 0.25) is 0 Å². The van der Waals surface area contributed by atoms with Gasteiger partial charge in [-0.1, -0.05) is 34.1 Å². The van der Waals surface area contributed by atoms with Crippen molar-refractivity contribution in [1.82, 2.24) is 0 Å². The van der Waals surface area contributed by atoms with Gasteiger partial charge in [-0.2, -0.15) is 0 Å². The third-order valence-corrected chi connectivity index (χ3v) is 3.02.